The van der Waals surface area contributed by atoms with E-state index in [1.165, 1.54) is 19.3 Å². The minimum atomic E-state index is 0.441. The van der Waals surface area contributed by atoms with E-state index >= 15 is 0 Å². The van der Waals surface area contributed by atoms with Crippen molar-refractivity contribution in [2.75, 3.05) is 5.32 Å². The first-order valence-electron chi connectivity index (χ1n) is 5.53. The molecule has 82 valence electrons. The molecule has 1 aromatic rings. The summed E-state index contributed by atoms with van der Waals surface area (Å²) in [6.45, 7) is 2.20. The number of hydrogen-bond acceptors (Lipinski definition) is 3. The Bertz CT molecular complexity index is 308. The highest BCUT2D eigenvalue weighted by atomic mass is 35.5. The van der Waals surface area contributed by atoms with Crippen molar-refractivity contribution in [3.8, 4) is 0 Å². The van der Waals surface area contributed by atoms with Crippen LogP contribution in [0.25, 0.3) is 0 Å². The van der Waals surface area contributed by atoms with Gasteiger partial charge in [0.15, 0.2) is 5.15 Å². The first kappa shape index (κ1) is 10.7. The topological polar surface area (TPSA) is 37.8 Å². The number of hydrogen-bond donors (Lipinski definition) is 1. The molecule has 0 aliphatic heterocycles. The van der Waals surface area contributed by atoms with Crippen LogP contribution in [0.15, 0.2) is 12.1 Å². The molecule has 2 rings (SSSR count). The van der Waals surface area contributed by atoms with Gasteiger partial charge in [0.2, 0.25) is 0 Å². The van der Waals surface area contributed by atoms with Crippen LogP contribution < -0.4 is 5.32 Å². The Morgan fingerprint density at radius 1 is 1.47 bits per heavy atom. The molecule has 1 heterocycles. The van der Waals surface area contributed by atoms with Crippen LogP contribution in [-0.2, 0) is 0 Å². The van der Waals surface area contributed by atoms with Gasteiger partial charge in [0.25, 0.3) is 0 Å². The van der Waals surface area contributed by atoms with Crippen molar-refractivity contribution in [1.82, 2.24) is 10.2 Å². The number of rotatable bonds is 5. The Morgan fingerprint density at radius 3 is 2.80 bits per heavy atom. The lowest BCUT2D eigenvalue weighted by Crippen LogP contribution is -2.19. The number of anilines is 1. The maximum absolute atomic E-state index is 5.68. The third-order valence-electron chi connectivity index (χ3n) is 2.79. The average Bonchev–Trinajstić information content (AvgIpc) is 3.04. The van der Waals surface area contributed by atoms with E-state index in [1.54, 1.807) is 6.07 Å². The predicted molar refractivity (Wildman–Crippen MR) is 62.1 cm³/mol. The smallest absolute Gasteiger partial charge is 0.151 e. The summed E-state index contributed by atoms with van der Waals surface area (Å²) in [7, 11) is 0. The van der Waals surface area contributed by atoms with Crippen LogP contribution >= 0.6 is 11.6 Å². The van der Waals surface area contributed by atoms with Crippen LogP contribution in [0.2, 0.25) is 5.15 Å². The van der Waals surface area contributed by atoms with Gasteiger partial charge in [0, 0.05) is 6.04 Å². The van der Waals surface area contributed by atoms with Crippen molar-refractivity contribution in [3.63, 3.8) is 0 Å². The van der Waals surface area contributed by atoms with Crippen LogP contribution in [0.5, 0.6) is 0 Å². The van der Waals surface area contributed by atoms with Gasteiger partial charge >= 0.3 is 0 Å². The quantitative estimate of drug-likeness (QED) is 0.837. The monoisotopic (exact) mass is 225 g/mol. The molecule has 0 saturated heterocycles. The second-order valence-electron chi connectivity index (χ2n) is 4.17. The van der Waals surface area contributed by atoms with E-state index in [0.717, 1.165) is 18.2 Å². The Morgan fingerprint density at radius 2 is 2.27 bits per heavy atom. The van der Waals surface area contributed by atoms with Crippen molar-refractivity contribution in [2.24, 2.45) is 5.92 Å². The standard InChI is InChI=1S/C11H16ClN3/c1-2-9(7-8-3-4-8)13-11-6-5-10(12)14-15-11/h5-6,8-9H,2-4,7H2,1H3,(H,13,15). The Kier molecular flexibility index (Phi) is 3.41. The minimum Gasteiger partial charge on any atom is -0.366 e. The molecule has 0 spiro atoms. The van der Waals surface area contributed by atoms with E-state index in [4.69, 9.17) is 11.6 Å². The van der Waals surface area contributed by atoms with E-state index < -0.39 is 0 Å². The highest BCUT2D eigenvalue weighted by Gasteiger charge is 2.24. The predicted octanol–water partition coefficient (Wildman–Crippen LogP) is 3.12. The molecule has 1 saturated carbocycles. The Balaban J connectivity index is 1.89. The van der Waals surface area contributed by atoms with Crippen molar-refractivity contribution >= 4 is 17.4 Å². The van der Waals surface area contributed by atoms with E-state index in [9.17, 15) is 0 Å². The zero-order chi connectivity index (χ0) is 10.7. The Labute approximate surface area is 95.2 Å². The summed E-state index contributed by atoms with van der Waals surface area (Å²) < 4.78 is 0. The molecule has 1 fully saturated rings. The SMILES string of the molecule is CCC(CC1CC1)Nc1ccc(Cl)nn1. The van der Waals surface area contributed by atoms with Crippen LogP contribution in [-0.4, -0.2) is 16.2 Å². The molecule has 1 aliphatic carbocycles. The third kappa shape index (κ3) is 3.34. The molecular formula is C11H16ClN3. The van der Waals surface area contributed by atoms with Gasteiger partial charge in [-0.3, -0.25) is 0 Å². The van der Waals surface area contributed by atoms with Gasteiger partial charge in [-0.25, -0.2) is 0 Å². The zero-order valence-corrected chi connectivity index (χ0v) is 9.67. The van der Waals surface area contributed by atoms with E-state index in [0.29, 0.717) is 11.2 Å². The molecule has 1 aliphatic rings. The molecule has 3 nitrogen and oxygen atoms in total. The number of nitrogens with zero attached hydrogens (tertiary/aromatic N) is 2. The van der Waals surface area contributed by atoms with Crippen molar-refractivity contribution in [2.45, 2.75) is 38.6 Å². The van der Waals surface area contributed by atoms with Crippen LogP contribution in [0.4, 0.5) is 5.82 Å². The van der Waals surface area contributed by atoms with Crippen molar-refractivity contribution < 1.29 is 0 Å². The highest BCUT2D eigenvalue weighted by Crippen LogP contribution is 2.34. The summed E-state index contributed by atoms with van der Waals surface area (Å²) in [6.07, 6.45) is 5.16. The lowest BCUT2D eigenvalue weighted by Gasteiger charge is -2.16. The molecule has 0 bridgehead atoms. The minimum absolute atomic E-state index is 0.441. The maximum Gasteiger partial charge on any atom is 0.151 e. The summed E-state index contributed by atoms with van der Waals surface area (Å²) in [6, 6.07) is 4.17. The number of aromatic nitrogens is 2. The number of nitrogens with one attached hydrogen (secondary N) is 1. The molecule has 1 N–H and O–H groups in total. The molecule has 0 aromatic carbocycles. The van der Waals surface area contributed by atoms with Gasteiger partial charge in [-0.15, -0.1) is 10.2 Å². The molecule has 1 unspecified atom stereocenters. The lowest BCUT2D eigenvalue weighted by atomic mass is 10.1. The fraction of sp³-hybridized carbons (Fsp3) is 0.636. The normalized spacial score (nSPS) is 17.5. The maximum atomic E-state index is 5.68. The lowest BCUT2D eigenvalue weighted by molar-refractivity contribution is 0.584. The van der Waals surface area contributed by atoms with Crippen molar-refractivity contribution in [1.29, 1.82) is 0 Å². The van der Waals surface area contributed by atoms with E-state index in [2.05, 4.69) is 22.4 Å². The van der Waals surface area contributed by atoms with Gasteiger partial charge < -0.3 is 5.32 Å². The molecule has 1 atom stereocenters. The third-order valence-corrected chi connectivity index (χ3v) is 2.99. The molecule has 4 heteroatoms. The largest absolute Gasteiger partial charge is 0.366 e. The van der Waals surface area contributed by atoms with E-state index in [1.807, 2.05) is 6.07 Å². The first-order valence-corrected chi connectivity index (χ1v) is 5.91. The summed E-state index contributed by atoms with van der Waals surface area (Å²) >= 11 is 5.68. The highest BCUT2D eigenvalue weighted by molar-refractivity contribution is 6.29. The molecule has 1 aromatic heterocycles. The second kappa shape index (κ2) is 4.79. The second-order valence-corrected chi connectivity index (χ2v) is 4.56. The van der Waals surface area contributed by atoms with Gasteiger partial charge in [-0.1, -0.05) is 31.4 Å². The average molecular weight is 226 g/mol. The van der Waals surface area contributed by atoms with Crippen LogP contribution in [0.1, 0.15) is 32.6 Å². The molecule has 15 heavy (non-hydrogen) atoms. The molecular weight excluding hydrogens is 210 g/mol. The fourth-order valence-corrected chi connectivity index (χ4v) is 1.79. The Hall–Kier alpha value is -0.830. The molecule has 0 radical (unpaired) electrons. The van der Waals surface area contributed by atoms with Crippen LogP contribution in [0.3, 0.4) is 0 Å². The summed E-state index contributed by atoms with van der Waals surface area (Å²) in [5.74, 6) is 1.76. The van der Waals surface area contributed by atoms with Gasteiger partial charge in [-0.2, -0.15) is 0 Å². The summed E-state index contributed by atoms with van der Waals surface area (Å²) in [5, 5.41) is 11.7. The van der Waals surface area contributed by atoms with Gasteiger partial charge in [0.1, 0.15) is 5.82 Å². The molecule has 0 amide bonds. The summed E-state index contributed by atoms with van der Waals surface area (Å²) in [4.78, 5) is 0. The number of halogens is 1. The van der Waals surface area contributed by atoms with E-state index in [-0.39, 0.29) is 0 Å². The fourth-order valence-electron chi connectivity index (χ4n) is 1.69. The van der Waals surface area contributed by atoms with Crippen molar-refractivity contribution in [3.05, 3.63) is 17.3 Å². The van der Waals surface area contributed by atoms with Gasteiger partial charge in [-0.05, 0) is 30.9 Å². The zero-order valence-electron chi connectivity index (χ0n) is 8.91. The van der Waals surface area contributed by atoms with Crippen LogP contribution in [0, 0.1) is 5.92 Å². The first-order chi connectivity index (χ1) is 7.28. The van der Waals surface area contributed by atoms with Gasteiger partial charge in [0.05, 0.1) is 0 Å². The summed E-state index contributed by atoms with van der Waals surface area (Å²) in [5.41, 5.74) is 0.